The van der Waals surface area contributed by atoms with Crippen molar-refractivity contribution in [2.24, 2.45) is 5.92 Å². The second kappa shape index (κ2) is 5.69. The van der Waals surface area contributed by atoms with Crippen LogP contribution in [0.25, 0.3) is 0 Å². The Morgan fingerprint density at radius 1 is 1.57 bits per heavy atom. The summed E-state index contributed by atoms with van der Waals surface area (Å²) in [5.74, 6) is 0.850. The zero-order valence-electron chi connectivity index (χ0n) is 9.68. The van der Waals surface area contributed by atoms with Crippen molar-refractivity contribution in [3.8, 4) is 0 Å². The van der Waals surface area contributed by atoms with E-state index >= 15 is 0 Å². The van der Waals surface area contributed by atoms with Crippen LogP contribution in [0.1, 0.15) is 52.9 Å². The number of hydrogen-bond acceptors (Lipinski definition) is 1. The van der Waals surface area contributed by atoms with Crippen molar-refractivity contribution in [3.05, 3.63) is 0 Å². The number of ether oxygens (including phenoxy) is 1. The molecule has 0 spiro atoms. The summed E-state index contributed by atoms with van der Waals surface area (Å²) < 4.78 is 7.39. The summed E-state index contributed by atoms with van der Waals surface area (Å²) in [5, 5.41) is 0. The summed E-state index contributed by atoms with van der Waals surface area (Å²) in [7, 11) is 0. The van der Waals surface area contributed by atoms with Crippen LogP contribution < -0.4 is 0 Å². The third-order valence-electron chi connectivity index (χ3n) is 3.32. The fraction of sp³-hybridized carbons (Fsp3) is 1.00. The van der Waals surface area contributed by atoms with E-state index in [9.17, 15) is 0 Å². The Hall–Kier alpha value is 0.690. The molecule has 0 bridgehead atoms. The quantitative estimate of drug-likeness (QED) is 0.559. The fourth-order valence-corrected chi connectivity index (χ4v) is 3.25. The van der Waals surface area contributed by atoms with Gasteiger partial charge in [0.2, 0.25) is 0 Å². The first-order valence-electron chi connectivity index (χ1n) is 5.85. The lowest BCUT2D eigenvalue weighted by Crippen LogP contribution is -2.41. The molecule has 0 N–H and O–H groups in total. The standard InChI is InChI=1S/C12H23IO/c1-4-11(3)14-12(9-13)7-5-6-10(2)8-12/h10-11H,4-9H2,1-3H3. The van der Waals surface area contributed by atoms with Crippen LogP contribution in [0.15, 0.2) is 0 Å². The van der Waals surface area contributed by atoms with Gasteiger partial charge in [-0.15, -0.1) is 0 Å². The molecule has 3 unspecified atom stereocenters. The SMILES string of the molecule is CCC(C)OC1(CI)CCCC(C)C1. The largest absolute Gasteiger partial charge is 0.371 e. The summed E-state index contributed by atoms with van der Waals surface area (Å²) in [4.78, 5) is 0. The summed E-state index contributed by atoms with van der Waals surface area (Å²) in [6.07, 6.45) is 6.83. The van der Waals surface area contributed by atoms with Crippen LogP contribution in [-0.2, 0) is 4.74 Å². The van der Waals surface area contributed by atoms with Gasteiger partial charge in [0.25, 0.3) is 0 Å². The average Bonchev–Trinajstić information content (AvgIpc) is 2.17. The van der Waals surface area contributed by atoms with Crippen molar-refractivity contribution >= 4 is 22.6 Å². The molecule has 3 atom stereocenters. The van der Waals surface area contributed by atoms with Gasteiger partial charge in [-0.05, 0) is 32.1 Å². The highest BCUT2D eigenvalue weighted by atomic mass is 127. The third-order valence-corrected chi connectivity index (χ3v) is 4.71. The van der Waals surface area contributed by atoms with Crippen molar-refractivity contribution in [1.82, 2.24) is 0 Å². The molecular weight excluding hydrogens is 287 g/mol. The maximum atomic E-state index is 6.24. The third kappa shape index (κ3) is 3.37. The molecule has 1 aliphatic rings. The summed E-state index contributed by atoms with van der Waals surface area (Å²) >= 11 is 2.49. The molecule has 0 saturated heterocycles. The molecule has 1 aliphatic carbocycles. The van der Waals surface area contributed by atoms with Gasteiger partial charge >= 0.3 is 0 Å². The molecule has 0 aromatic heterocycles. The van der Waals surface area contributed by atoms with Gasteiger partial charge in [0.15, 0.2) is 0 Å². The lowest BCUT2D eigenvalue weighted by molar-refractivity contribution is -0.0997. The predicted molar refractivity (Wildman–Crippen MR) is 70.1 cm³/mol. The van der Waals surface area contributed by atoms with Crippen molar-refractivity contribution in [2.45, 2.75) is 64.6 Å². The van der Waals surface area contributed by atoms with E-state index in [1.54, 1.807) is 0 Å². The Labute approximate surface area is 102 Å². The maximum Gasteiger partial charge on any atom is 0.0777 e. The van der Waals surface area contributed by atoms with E-state index in [4.69, 9.17) is 4.74 Å². The van der Waals surface area contributed by atoms with Crippen LogP contribution in [0, 0.1) is 5.92 Å². The lowest BCUT2D eigenvalue weighted by Gasteiger charge is -2.40. The normalized spacial score (nSPS) is 35.6. The molecule has 0 amide bonds. The zero-order chi connectivity index (χ0) is 10.6. The van der Waals surface area contributed by atoms with Gasteiger partial charge in [-0.3, -0.25) is 0 Å². The molecule has 0 aromatic rings. The fourth-order valence-electron chi connectivity index (χ4n) is 2.38. The second-order valence-corrected chi connectivity index (χ2v) is 5.62. The summed E-state index contributed by atoms with van der Waals surface area (Å²) in [6, 6.07) is 0. The molecule has 0 aliphatic heterocycles. The first-order valence-corrected chi connectivity index (χ1v) is 7.38. The highest BCUT2D eigenvalue weighted by molar-refractivity contribution is 14.1. The molecule has 14 heavy (non-hydrogen) atoms. The minimum Gasteiger partial charge on any atom is -0.371 e. The molecule has 1 nitrogen and oxygen atoms in total. The van der Waals surface area contributed by atoms with Crippen LogP contribution in [-0.4, -0.2) is 16.1 Å². The van der Waals surface area contributed by atoms with Crippen molar-refractivity contribution in [1.29, 1.82) is 0 Å². The van der Waals surface area contributed by atoms with Gasteiger partial charge < -0.3 is 4.74 Å². The zero-order valence-corrected chi connectivity index (χ0v) is 11.8. The van der Waals surface area contributed by atoms with Gasteiger partial charge in [-0.1, -0.05) is 49.3 Å². The highest BCUT2D eigenvalue weighted by Crippen LogP contribution is 2.37. The Kier molecular flexibility index (Phi) is 5.18. The van der Waals surface area contributed by atoms with E-state index in [0.717, 1.165) is 16.8 Å². The highest BCUT2D eigenvalue weighted by Gasteiger charge is 2.35. The van der Waals surface area contributed by atoms with Gasteiger partial charge in [0.1, 0.15) is 0 Å². The molecule has 2 heteroatoms. The number of halogens is 1. The summed E-state index contributed by atoms with van der Waals surface area (Å²) in [6.45, 7) is 6.77. The molecular formula is C12H23IO. The van der Waals surface area contributed by atoms with E-state index in [2.05, 4.69) is 43.4 Å². The molecule has 0 aromatic carbocycles. The molecule has 0 heterocycles. The van der Waals surface area contributed by atoms with Gasteiger partial charge in [0.05, 0.1) is 11.7 Å². The van der Waals surface area contributed by atoms with Crippen LogP contribution in [0.2, 0.25) is 0 Å². The Balaban J connectivity index is 2.55. The lowest BCUT2D eigenvalue weighted by atomic mass is 9.80. The Morgan fingerprint density at radius 2 is 2.29 bits per heavy atom. The van der Waals surface area contributed by atoms with Crippen molar-refractivity contribution < 1.29 is 4.74 Å². The average molecular weight is 310 g/mol. The van der Waals surface area contributed by atoms with E-state index in [1.165, 1.54) is 25.7 Å². The number of hydrogen-bond donors (Lipinski definition) is 0. The van der Waals surface area contributed by atoms with Crippen molar-refractivity contribution in [2.75, 3.05) is 4.43 Å². The van der Waals surface area contributed by atoms with E-state index in [1.807, 2.05) is 0 Å². The predicted octanol–water partition coefficient (Wildman–Crippen LogP) is 4.19. The van der Waals surface area contributed by atoms with Gasteiger partial charge in [0, 0.05) is 4.43 Å². The summed E-state index contributed by atoms with van der Waals surface area (Å²) in [5.41, 5.74) is 0.202. The Morgan fingerprint density at radius 3 is 2.79 bits per heavy atom. The van der Waals surface area contributed by atoms with Crippen molar-refractivity contribution in [3.63, 3.8) is 0 Å². The van der Waals surface area contributed by atoms with E-state index < -0.39 is 0 Å². The second-order valence-electron chi connectivity index (χ2n) is 4.85. The molecule has 1 fully saturated rings. The molecule has 0 radical (unpaired) electrons. The molecule has 84 valence electrons. The molecule has 1 saturated carbocycles. The van der Waals surface area contributed by atoms with Crippen LogP contribution in [0.3, 0.4) is 0 Å². The topological polar surface area (TPSA) is 9.23 Å². The minimum absolute atomic E-state index is 0.202. The molecule has 1 rings (SSSR count). The monoisotopic (exact) mass is 310 g/mol. The van der Waals surface area contributed by atoms with Crippen LogP contribution in [0.5, 0.6) is 0 Å². The Bertz CT molecular complexity index is 172. The first-order chi connectivity index (χ1) is 6.62. The number of alkyl halides is 1. The minimum atomic E-state index is 0.202. The van der Waals surface area contributed by atoms with Gasteiger partial charge in [-0.25, -0.2) is 0 Å². The maximum absolute atomic E-state index is 6.24. The number of rotatable bonds is 4. The first kappa shape index (κ1) is 12.8. The van der Waals surface area contributed by atoms with Crippen LogP contribution >= 0.6 is 22.6 Å². The van der Waals surface area contributed by atoms with E-state index in [-0.39, 0.29) is 5.60 Å². The smallest absolute Gasteiger partial charge is 0.0777 e. The van der Waals surface area contributed by atoms with Crippen LogP contribution in [0.4, 0.5) is 0 Å². The van der Waals surface area contributed by atoms with Gasteiger partial charge in [-0.2, -0.15) is 0 Å². The van der Waals surface area contributed by atoms with E-state index in [0.29, 0.717) is 6.10 Å².